The summed E-state index contributed by atoms with van der Waals surface area (Å²) in [6.07, 6.45) is 0. The molecular weight excluding hydrogens is 252 g/mol. The lowest BCUT2D eigenvalue weighted by molar-refractivity contribution is 0.0696. The number of rotatable bonds is 2. The van der Waals surface area contributed by atoms with Crippen LogP contribution in [0.5, 0.6) is 0 Å². The first-order valence-corrected chi connectivity index (χ1v) is 5.26. The van der Waals surface area contributed by atoms with Crippen molar-refractivity contribution in [3.8, 4) is 17.2 Å². The average Bonchev–Trinajstić information content (AvgIpc) is 2.39. The molecule has 0 bridgehead atoms. The average molecular weight is 259 g/mol. The molecule has 0 fully saturated rings. The number of carboxylic acid groups (broad SMARTS) is 1. The molecule has 5 heteroatoms. The van der Waals surface area contributed by atoms with E-state index in [0.29, 0.717) is 0 Å². The standard InChI is InChI=1S/C14H7F2NO2/c15-12-4-1-8(7-17)5-11(12)10-3-2-9(14(18)19)6-13(10)16/h1-6H,(H,18,19). The fraction of sp³-hybridized carbons (Fsp3) is 0. The molecule has 19 heavy (non-hydrogen) atoms. The van der Waals surface area contributed by atoms with Crippen LogP contribution in [-0.2, 0) is 0 Å². The molecule has 0 aliphatic carbocycles. The van der Waals surface area contributed by atoms with Crippen molar-refractivity contribution in [2.75, 3.05) is 0 Å². The van der Waals surface area contributed by atoms with Gasteiger partial charge in [-0.1, -0.05) is 6.07 Å². The molecule has 0 saturated heterocycles. The summed E-state index contributed by atoms with van der Waals surface area (Å²) in [6.45, 7) is 0. The van der Waals surface area contributed by atoms with E-state index in [1.165, 1.54) is 24.3 Å². The van der Waals surface area contributed by atoms with Crippen LogP contribution in [0.4, 0.5) is 8.78 Å². The fourth-order valence-electron chi connectivity index (χ4n) is 1.67. The second kappa shape index (κ2) is 4.86. The Bertz CT molecular complexity index is 705. The van der Waals surface area contributed by atoms with Gasteiger partial charge in [0.2, 0.25) is 0 Å². The quantitative estimate of drug-likeness (QED) is 0.900. The maximum Gasteiger partial charge on any atom is 0.335 e. The van der Waals surface area contributed by atoms with Crippen LogP contribution in [0.25, 0.3) is 11.1 Å². The summed E-state index contributed by atoms with van der Waals surface area (Å²) < 4.78 is 27.4. The summed E-state index contributed by atoms with van der Waals surface area (Å²) in [5, 5.41) is 17.5. The Morgan fingerprint density at radius 3 is 2.37 bits per heavy atom. The molecular formula is C14H7F2NO2. The fourth-order valence-corrected chi connectivity index (χ4v) is 1.67. The molecule has 0 amide bonds. The Morgan fingerprint density at radius 1 is 1.05 bits per heavy atom. The number of hydrogen-bond donors (Lipinski definition) is 1. The van der Waals surface area contributed by atoms with Crippen molar-refractivity contribution in [1.29, 1.82) is 5.26 Å². The molecule has 0 heterocycles. The van der Waals surface area contributed by atoms with E-state index in [0.717, 1.165) is 12.1 Å². The first kappa shape index (κ1) is 12.7. The SMILES string of the molecule is N#Cc1ccc(F)c(-c2ccc(C(=O)O)cc2F)c1. The third kappa shape index (κ3) is 2.43. The Balaban J connectivity index is 2.60. The Kier molecular flexibility index (Phi) is 3.25. The van der Waals surface area contributed by atoms with Gasteiger partial charge < -0.3 is 5.11 Å². The van der Waals surface area contributed by atoms with Gasteiger partial charge >= 0.3 is 5.97 Å². The highest BCUT2D eigenvalue weighted by Gasteiger charge is 2.13. The molecule has 0 aliphatic heterocycles. The minimum absolute atomic E-state index is 0.0755. The largest absolute Gasteiger partial charge is 0.478 e. The van der Waals surface area contributed by atoms with Crippen molar-refractivity contribution >= 4 is 5.97 Å². The number of nitriles is 1. The summed E-state index contributed by atoms with van der Waals surface area (Å²) in [7, 11) is 0. The van der Waals surface area contributed by atoms with Gasteiger partial charge in [-0.3, -0.25) is 0 Å². The molecule has 0 unspecified atom stereocenters. The zero-order valence-corrected chi connectivity index (χ0v) is 9.52. The smallest absolute Gasteiger partial charge is 0.335 e. The minimum Gasteiger partial charge on any atom is -0.478 e. The third-order valence-electron chi connectivity index (χ3n) is 2.60. The van der Waals surface area contributed by atoms with E-state index < -0.39 is 17.6 Å². The van der Waals surface area contributed by atoms with Gasteiger partial charge in [-0.2, -0.15) is 5.26 Å². The molecule has 2 aromatic carbocycles. The highest BCUT2D eigenvalue weighted by molar-refractivity contribution is 5.88. The van der Waals surface area contributed by atoms with Crippen LogP contribution in [-0.4, -0.2) is 11.1 Å². The van der Waals surface area contributed by atoms with Crippen LogP contribution in [0.15, 0.2) is 36.4 Å². The number of halogens is 2. The first-order valence-electron chi connectivity index (χ1n) is 5.26. The summed E-state index contributed by atoms with van der Waals surface area (Å²) >= 11 is 0. The normalized spacial score (nSPS) is 9.95. The predicted molar refractivity (Wildman–Crippen MR) is 63.5 cm³/mol. The number of nitrogens with zero attached hydrogens (tertiary/aromatic N) is 1. The maximum atomic E-state index is 13.8. The van der Waals surface area contributed by atoms with Gasteiger partial charge in [0.25, 0.3) is 0 Å². The summed E-state index contributed by atoms with van der Waals surface area (Å²) in [5.41, 5.74) is -0.190. The predicted octanol–water partition coefficient (Wildman–Crippen LogP) is 3.20. The zero-order chi connectivity index (χ0) is 14.0. The van der Waals surface area contributed by atoms with E-state index >= 15 is 0 Å². The van der Waals surface area contributed by atoms with Gasteiger partial charge in [-0.15, -0.1) is 0 Å². The molecule has 3 nitrogen and oxygen atoms in total. The molecule has 1 N–H and O–H groups in total. The number of hydrogen-bond acceptors (Lipinski definition) is 2. The van der Waals surface area contributed by atoms with Crippen LogP contribution < -0.4 is 0 Å². The van der Waals surface area contributed by atoms with Gasteiger partial charge in [0, 0.05) is 11.1 Å². The molecule has 0 aliphatic rings. The Labute approximate surface area is 107 Å². The number of aromatic carboxylic acids is 1. The van der Waals surface area contributed by atoms with Crippen molar-refractivity contribution in [3.63, 3.8) is 0 Å². The van der Waals surface area contributed by atoms with Crippen molar-refractivity contribution < 1.29 is 18.7 Å². The molecule has 94 valence electrons. The van der Waals surface area contributed by atoms with E-state index in [4.69, 9.17) is 10.4 Å². The van der Waals surface area contributed by atoms with E-state index in [1.807, 2.05) is 6.07 Å². The Hall–Kier alpha value is -2.74. The first-order chi connectivity index (χ1) is 9.02. The van der Waals surface area contributed by atoms with Crippen LogP contribution in [0.1, 0.15) is 15.9 Å². The van der Waals surface area contributed by atoms with E-state index in [-0.39, 0.29) is 22.3 Å². The molecule has 0 saturated carbocycles. The van der Waals surface area contributed by atoms with Crippen LogP contribution >= 0.6 is 0 Å². The second-order valence-electron chi connectivity index (χ2n) is 3.81. The monoisotopic (exact) mass is 259 g/mol. The molecule has 0 aromatic heterocycles. The molecule has 2 rings (SSSR count). The van der Waals surface area contributed by atoms with Crippen molar-refractivity contribution in [1.82, 2.24) is 0 Å². The lowest BCUT2D eigenvalue weighted by Gasteiger charge is -2.06. The molecule has 0 spiro atoms. The topological polar surface area (TPSA) is 61.1 Å². The maximum absolute atomic E-state index is 13.8. The van der Waals surface area contributed by atoms with E-state index in [2.05, 4.69) is 0 Å². The Morgan fingerprint density at radius 2 is 1.79 bits per heavy atom. The third-order valence-corrected chi connectivity index (χ3v) is 2.60. The summed E-state index contributed by atoms with van der Waals surface area (Å²) in [6, 6.07) is 8.57. The lowest BCUT2D eigenvalue weighted by atomic mass is 10.0. The van der Waals surface area contributed by atoms with E-state index in [1.54, 1.807) is 0 Å². The number of carbonyl (C=O) groups is 1. The van der Waals surface area contributed by atoms with Crippen molar-refractivity contribution in [2.45, 2.75) is 0 Å². The highest BCUT2D eigenvalue weighted by Crippen LogP contribution is 2.27. The summed E-state index contributed by atoms with van der Waals surface area (Å²) in [4.78, 5) is 10.7. The van der Waals surface area contributed by atoms with Gasteiger partial charge in [0.15, 0.2) is 0 Å². The minimum atomic E-state index is -1.27. The van der Waals surface area contributed by atoms with Crippen LogP contribution in [0, 0.1) is 23.0 Å². The van der Waals surface area contributed by atoms with Gasteiger partial charge in [-0.25, -0.2) is 13.6 Å². The molecule has 0 atom stereocenters. The second-order valence-corrected chi connectivity index (χ2v) is 3.81. The number of carboxylic acids is 1. The lowest BCUT2D eigenvalue weighted by Crippen LogP contribution is -1.98. The zero-order valence-electron chi connectivity index (χ0n) is 9.52. The van der Waals surface area contributed by atoms with Gasteiger partial charge in [0.05, 0.1) is 17.2 Å². The molecule has 0 radical (unpaired) electrons. The van der Waals surface area contributed by atoms with Gasteiger partial charge in [0.1, 0.15) is 11.6 Å². The van der Waals surface area contributed by atoms with Crippen molar-refractivity contribution in [3.05, 3.63) is 59.2 Å². The van der Waals surface area contributed by atoms with Crippen LogP contribution in [0.3, 0.4) is 0 Å². The van der Waals surface area contributed by atoms with Gasteiger partial charge in [-0.05, 0) is 30.3 Å². The highest BCUT2D eigenvalue weighted by atomic mass is 19.1. The molecule has 2 aromatic rings. The van der Waals surface area contributed by atoms with Crippen LogP contribution in [0.2, 0.25) is 0 Å². The number of benzene rings is 2. The van der Waals surface area contributed by atoms with Crippen molar-refractivity contribution in [2.24, 2.45) is 0 Å². The summed E-state index contributed by atoms with van der Waals surface area (Å²) in [5.74, 6) is -2.80. The van der Waals surface area contributed by atoms with E-state index in [9.17, 15) is 13.6 Å².